The summed E-state index contributed by atoms with van der Waals surface area (Å²) in [4.78, 5) is 4.75. The Balaban J connectivity index is 1.78. The molecule has 0 radical (unpaired) electrons. The van der Waals surface area contributed by atoms with Gasteiger partial charge in [-0.3, -0.25) is 0 Å². The van der Waals surface area contributed by atoms with Crippen LogP contribution >= 0.6 is 0 Å². The average molecular weight is 305 g/mol. The van der Waals surface area contributed by atoms with Gasteiger partial charge in [0.2, 0.25) is 11.7 Å². The summed E-state index contributed by atoms with van der Waals surface area (Å²) in [7, 11) is 0. The van der Waals surface area contributed by atoms with Crippen molar-refractivity contribution in [3.63, 3.8) is 0 Å². The second-order valence-corrected chi connectivity index (χ2v) is 5.99. The molecule has 23 heavy (non-hydrogen) atoms. The standard InChI is InChI=1S/C19H19N3O/c1-3-7-15(8-4-1)17-21-18(23-22-17)19(11-13-20-14-12-19)16-9-5-2-6-10-16/h1-10,20H,11-14H2. The van der Waals surface area contributed by atoms with Crippen molar-refractivity contribution in [1.82, 2.24) is 15.5 Å². The molecule has 0 amide bonds. The monoisotopic (exact) mass is 305 g/mol. The Labute approximate surface area is 135 Å². The van der Waals surface area contributed by atoms with E-state index in [-0.39, 0.29) is 5.41 Å². The van der Waals surface area contributed by atoms with Gasteiger partial charge in [-0.2, -0.15) is 4.98 Å². The number of nitrogens with one attached hydrogen (secondary N) is 1. The molecule has 1 aliphatic heterocycles. The lowest BCUT2D eigenvalue weighted by molar-refractivity contribution is 0.260. The zero-order chi connectivity index (χ0) is 15.5. The van der Waals surface area contributed by atoms with Crippen molar-refractivity contribution in [3.8, 4) is 11.4 Å². The fraction of sp³-hybridized carbons (Fsp3) is 0.263. The van der Waals surface area contributed by atoms with Gasteiger partial charge in [0.1, 0.15) is 0 Å². The molecule has 1 aliphatic rings. The Kier molecular flexibility index (Phi) is 3.67. The molecule has 2 heterocycles. The number of hydrogen-bond donors (Lipinski definition) is 1. The Bertz CT molecular complexity index is 762. The van der Waals surface area contributed by atoms with Crippen molar-refractivity contribution in [3.05, 3.63) is 72.1 Å². The Morgan fingerprint density at radius 2 is 1.52 bits per heavy atom. The highest BCUT2D eigenvalue weighted by atomic mass is 16.5. The zero-order valence-electron chi connectivity index (χ0n) is 12.9. The second-order valence-electron chi connectivity index (χ2n) is 5.99. The van der Waals surface area contributed by atoms with Gasteiger partial charge >= 0.3 is 0 Å². The fourth-order valence-corrected chi connectivity index (χ4v) is 3.36. The van der Waals surface area contributed by atoms with Gasteiger partial charge in [0.05, 0.1) is 5.41 Å². The molecule has 4 nitrogen and oxygen atoms in total. The predicted molar refractivity (Wildman–Crippen MR) is 89.1 cm³/mol. The molecule has 0 bridgehead atoms. The minimum atomic E-state index is -0.188. The Morgan fingerprint density at radius 1 is 0.870 bits per heavy atom. The summed E-state index contributed by atoms with van der Waals surface area (Å²) in [6.45, 7) is 1.91. The molecule has 1 saturated heterocycles. The number of hydrogen-bond acceptors (Lipinski definition) is 4. The molecule has 4 rings (SSSR count). The van der Waals surface area contributed by atoms with Crippen molar-refractivity contribution in [2.45, 2.75) is 18.3 Å². The summed E-state index contributed by atoms with van der Waals surface area (Å²) in [6.07, 6.45) is 1.93. The smallest absolute Gasteiger partial charge is 0.237 e. The predicted octanol–water partition coefficient (Wildman–Crippen LogP) is 3.41. The lowest BCUT2D eigenvalue weighted by atomic mass is 9.73. The highest BCUT2D eigenvalue weighted by Gasteiger charge is 2.40. The van der Waals surface area contributed by atoms with Crippen LogP contribution in [0.15, 0.2) is 65.2 Å². The van der Waals surface area contributed by atoms with Crippen LogP contribution in [0.4, 0.5) is 0 Å². The minimum Gasteiger partial charge on any atom is -0.338 e. The van der Waals surface area contributed by atoms with Crippen LogP contribution in [0, 0.1) is 0 Å². The van der Waals surface area contributed by atoms with E-state index in [1.807, 2.05) is 36.4 Å². The SMILES string of the molecule is c1ccc(-c2noc(C3(c4ccccc4)CCNCC3)n2)cc1. The third-order valence-electron chi connectivity index (χ3n) is 4.65. The molecular weight excluding hydrogens is 286 g/mol. The molecule has 1 N–H and O–H groups in total. The van der Waals surface area contributed by atoms with Gasteiger partial charge in [0.25, 0.3) is 0 Å². The van der Waals surface area contributed by atoms with E-state index < -0.39 is 0 Å². The highest BCUT2D eigenvalue weighted by Crippen LogP contribution is 2.39. The molecule has 0 saturated carbocycles. The van der Waals surface area contributed by atoms with E-state index in [9.17, 15) is 0 Å². The molecule has 0 aliphatic carbocycles. The first-order valence-electron chi connectivity index (χ1n) is 8.04. The van der Waals surface area contributed by atoms with Crippen molar-refractivity contribution >= 4 is 0 Å². The van der Waals surface area contributed by atoms with E-state index in [0.29, 0.717) is 5.82 Å². The van der Waals surface area contributed by atoms with E-state index in [1.165, 1.54) is 5.56 Å². The second kappa shape index (κ2) is 5.97. The summed E-state index contributed by atoms with van der Waals surface area (Å²) < 4.78 is 5.73. The third-order valence-corrected chi connectivity index (χ3v) is 4.65. The van der Waals surface area contributed by atoms with E-state index in [0.717, 1.165) is 37.4 Å². The summed E-state index contributed by atoms with van der Waals surface area (Å²) in [5, 5.41) is 7.65. The van der Waals surface area contributed by atoms with Gasteiger partial charge in [-0.1, -0.05) is 65.8 Å². The number of benzene rings is 2. The van der Waals surface area contributed by atoms with Crippen LogP contribution in [-0.2, 0) is 5.41 Å². The third kappa shape index (κ3) is 2.55. The van der Waals surface area contributed by atoms with Crippen LogP contribution in [0.2, 0.25) is 0 Å². The topological polar surface area (TPSA) is 51.0 Å². The van der Waals surface area contributed by atoms with E-state index in [1.54, 1.807) is 0 Å². The molecule has 116 valence electrons. The van der Waals surface area contributed by atoms with Crippen molar-refractivity contribution < 1.29 is 4.52 Å². The molecule has 3 aromatic rings. The molecule has 1 fully saturated rings. The molecule has 0 atom stereocenters. The van der Waals surface area contributed by atoms with Crippen molar-refractivity contribution in [2.24, 2.45) is 0 Å². The summed E-state index contributed by atoms with van der Waals surface area (Å²) in [6, 6.07) is 20.5. The Hall–Kier alpha value is -2.46. The molecule has 0 spiro atoms. The summed E-state index contributed by atoms with van der Waals surface area (Å²) in [5.74, 6) is 1.39. The molecule has 4 heteroatoms. The van der Waals surface area contributed by atoms with Crippen LogP contribution in [0.5, 0.6) is 0 Å². The lowest BCUT2D eigenvalue weighted by Crippen LogP contribution is -2.41. The van der Waals surface area contributed by atoms with Gasteiger partial charge in [-0.05, 0) is 31.5 Å². The highest BCUT2D eigenvalue weighted by molar-refractivity contribution is 5.54. The first kappa shape index (κ1) is 14.2. The molecule has 1 aromatic heterocycles. The number of piperidine rings is 1. The van der Waals surface area contributed by atoms with E-state index >= 15 is 0 Å². The van der Waals surface area contributed by atoms with Crippen LogP contribution in [0.25, 0.3) is 11.4 Å². The molecule has 2 aromatic carbocycles. The largest absolute Gasteiger partial charge is 0.338 e. The van der Waals surface area contributed by atoms with Crippen molar-refractivity contribution in [2.75, 3.05) is 13.1 Å². The average Bonchev–Trinajstić information content (AvgIpc) is 3.14. The van der Waals surface area contributed by atoms with Gasteiger partial charge in [-0.15, -0.1) is 0 Å². The molecular formula is C19H19N3O. The number of nitrogens with zero attached hydrogens (tertiary/aromatic N) is 2. The summed E-state index contributed by atoms with van der Waals surface area (Å²) >= 11 is 0. The lowest BCUT2D eigenvalue weighted by Gasteiger charge is -2.34. The van der Waals surface area contributed by atoms with Crippen LogP contribution in [0.1, 0.15) is 24.3 Å². The quantitative estimate of drug-likeness (QED) is 0.805. The van der Waals surface area contributed by atoms with Gasteiger partial charge < -0.3 is 9.84 Å². The maximum Gasteiger partial charge on any atom is 0.237 e. The fourth-order valence-electron chi connectivity index (χ4n) is 3.36. The zero-order valence-corrected chi connectivity index (χ0v) is 12.9. The first-order valence-corrected chi connectivity index (χ1v) is 8.04. The van der Waals surface area contributed by atoms with Crippen molar-refractivity contribution in [1.29, 1.82) is 0 Å². The van der Waals surface area contributed by atoms with Crippen LogP contribution in [0.3, 0.4) is 0 Å². The van der Waals surface area contributed by atoms with Gasteiger partial charge in [0.15, 0.2) is 0 Å². The Morgan fingerprint density at radius 3 is 2.22 bits per heavy atom. The first-order chi connectivity index (χ1) is 11.4. The van der Waals surface area contributed by atoms with Gasteiger partial charge in [0, 0.05) is 5.56 Å². The number of aromatic nitrogens is 2. The maximum atomic E-state index is 5.73. The van der Waals surface area contributed by atoms with Crippen LogP contribution in [-0.4, -0.2) is 23.2 Å². The normalized spacial score (nSPS) is 17.0. The van der Waals surface area contributed by atoms with E-state index in [4.69, 9.17) is 9.51 Å². The molecule has 0 unspecified atom stereocenters. The minimum absolute atomic E-state index is 0.188. The maximum absolute atomic E-state index is 5.73. The van der Waals surface area contributed by atoms with Crippen LogP contribution < -0.4 is 5.32 Å². The summed E-state index contributed by atoms with van der Waals surface area (Å²) in [5.41, 5.74) is 2.05. The van der Waals surface area contributed by atoms with E-state index in [2.05, 4.69) is 34.7 Å². The van der Waals surface area contributed by atoms with Gasteiger partial charge in [-0.25, -0.2) is 0 Å². The number of rotatable bonds is 3.